The summed E-state index contributed by atoms with van der Waals surface area (Å²) in [5.74, 6) is 0.864. The van der Waals surface area contributed by atoms with Crippen molar-refractivity contribution in [3.8, 4) is 5.75 Å². The Hall–Kier alpha value is -2.04. The van der Waals surface area contributed by atoms with Gasteiger partial charge in [-0.05, 0) is 17.5 Å². The second kappa shape index (κ2) is 5.39. The molecule has 0 aliphatic carbocycles. The van der Waals surface area contributed by atoms with Crippen LogP contribution in [-0.4, -0.2) is 41.9 Å². The molecule has 0 bridgehead atoms. The molecule has 3 rings (SSSR count). The van der Waals surface area contributed by atoms with E-state index in [0.717, 1.165) is 17.7 Å². The summed E-state index contributed by atoms with van der Waals surface area (Å²) < 4.78 is 5.90. The molecular weight excluding hydrogens is 268 g/mol. The fourth-order valence-corrected chi connectivity index (χ4v) is 3.12. The first-order chi connectivity index (χ1) is 10.1. The standard InChI is InChI=1S/C16H20N2O3/c1-10(2)15-16(20)17-8-14(19)18(15)9-12-7-11-5-3-4-6-13(11)21-12/h3-6,10,12,15H,7-9H2,1-2H3,(H,17,20). The van der Waals surface area contributed by atoms with E-state index in [0.29, 0.717) is 6.54 Å². The lowest BCUT2D eigenvalue weighted by molar-refractivity contribution is -0.148. The number of carbonyl (C=O) groups excluding carboxylic acids is 2. The Morgan fingerprint density at radius 3 is 2.81 bits per heavy atom. The molecule has 1 saturated heterocycles. The van der Waals surface area contributed by atoms with E-state index in [-0.39, 0.29) is 30.4 Å². The third-order valence-electron chi connectivity index (χ3n) is 4.08. The van der Waals surface area contributed by atoms with E-state index >= 15 is 0 Å². The molecule has 0 saturated carbocycles. The highest BCUT2D eigenvalue weighted by Gasteiger charge is 2.38. The van der Waals surface area contributed by atoms with Crippen LogP contribution in [0.4, 0.5) is 0 Å². The number of nitrogens with zero attached hydrogens (tertiary/aromatic N) is 1. The molecule has 2 heterocycles. The van der Waals surface area contributed by atoms with Crippen molar-refractivity contribution in [1.29, 1.82) is 0 Å². The number of amides is 2. The lowest BCUT2D eigenvalue weighted by atomic mass is 9.98. The Morgan fingerprint density at radius 2 is 2.10 bits per heavy atom. The minimum atomic E-state index is -0.404. The van der Waals surface area contributed by atoms with Gasteiger partial charge in [0.1, 0.15) is 17.9 Å². The van der Waals surface area contributed by atoms with Gasteiger partial charge in [-0.15, -0.1) is 0 Å². The van der Waals surface area contributed by atoms with Crippen molar-refractivity contribution in [3.63, 3.8) is 0 Å². The monoisotopic (exact) mass is 288 g/mol. The van der Waals surface area contributed by atoms with Gasteiger partial charge in [-0.1, -0.05) is 32.0 Å². The number of para-hydroxylation sites is 1. The molecule has 1 fully saturated rings. The Kier molecular flexibility index (Phi) is 3.57. The molecule has 2 aliphatic heterocycles. The topological polar surface area (TPSA) is 58.6 Å². The number of fused-ring (bicyclic) bond motifs is 1. The van der Waals surface area contributed by atoms with Gasteiger partial charge >= 0.3 is 0 Å². The number of rotatable bonds is 3. The average molecular weight is 288 g/mol. The van der Waals surface area contributed by atoms with Gasteiger partial charge in [0.15, 0.2) is 0 Å². The van der Waals surface area contributed by atoms with Crippen molar-refractivity contribution < 1.29 is 14.3 Å². The summed E-state index contributed by atoms with van der Waals surface area (Å²) in [5, 5.41) is 2.66. The first-order valence-electron chi connectivity index (χ1n) is 7.38. The Balaban J connectivity index is 1.74. The number of hydrogen-bond donors (Lipinski definition) is 1. The molecule has 2 aliphatic rings. The molecule has 0 spiro atoms. The molecule has 21 heavy (non-hydrogen) atoms. The number of carbonyl (C=O) groups is 2. The fraction of sp³-hybridized carbons (Fsp3) is 0.500. The highest BCUT2D eigenvalue weighted by molar-refractivity contribution is 5.95. The molecule has 2 amide bonds. The summed E-state index contributed by atoms with van der Waals surface area (Å²) in [5.41, 5.74) is 1.16. The summed E-state index contributed by atoms with van der Waals surface area (Å²) in [4.78, 5) is 25.9. The van der Waals surface area contributed by atoms with Crippen molar-refractivity contribution in [2.45, 2.75) is 32.4 Å². The van der Waals surface area contributed by atoms with Gasteiger partial charge in [0.2, 0.25) is 11.8 Å². The molecule has 1 aromatic carbocycles. The molecule has 5 nitrogen and oxygen atoms in total. The first-order valence-corrected chi connectivity index (χ1v) is 7.38. The number of ether oxygens (including phenoxy) is 1. The number of piperazine rings is 1. The van der Waals surface area contributed by atoms with Crippen molar-refractivity contribution >= 4 is 11.8 Å². The second-order valence-corrected chi connectivity index (χ2v) is 6.00. The van der Waals surface area contributed by atoms with E-state index in [1.54, 1.807) is 4.90 Å². The molecule has 5 heteroatoms. The van der Waals surface area contributed by atoms with Crippen LogP contribution in [-0.2, 0) is 16.0 Å². The lowest BCUT2D eigenvalue weighted by Gasteiger charge is -2.38. The first kappa shape index (κ1) is 13.9. The van der Waals surface area contributed by atoms with E-state index in [1.807, 2.05) is 38.1 Å². The van der Waals surface area contributed by atoms with E-state index < -0.39 is 6.04 Å². The summed E-state index contributed by atoms with van der Waals surface area (Å²) in [6.45, 7) is 4.46. The van der Waals surface area contributed by atoms with Crippen LogP contribution < -0.4 is 10.1 Å². The van der Waals surface area contributed by atoms with Crippen LogP contribution in [0, 0.1) is 5.92 Å². The van der Waals surface area contributed by atoms with Crippen LogP contribution in [0.1, 0.15) is 19.4 Å². The molecule has 112 valence electrons. The Labute approximate surface area is 124 Å². The van der Waals surface area contributed by atoms with Gasteiger partial charge in [-0.2, -0.15) is 0 Å². The highest BCUT2D eigenvalue weighted by Crippen LogP contribution is 2.29. The Morgan fingerprint density at radius 1 is 1.33 bits per heavy atom. The molecule has 1 N–H and O–H groups in total. The maximum Gasteiger partial charge on any atom is 0.243 e. The van der Waals surface area contributed by atoms with Gasteiger partial charge in [-0.25, -0.2) is 0 Å². The van der Waals surface area contributed by atoms with E-state index in [4.69, 9.17) is 4.74 Å². The third-order valence-corrected chi connectivity index (χ3v) is 4.08. The van der Waals surface area contributed by atoms with Gasteiger partial charge in [0, 0.05) is 6.42 Å². The van der Waals surface area contributed by atoms with E-state index in [1.165, 1.54) is 0 Å². The Bertz CT molecular complexity index is 545. The largest absolute Gasteiger partial charge is 0.488 e. The normalized spacial score (nSPS) is 24.8. The molecule has 2 unspecified atom stereocenters. The zero-order chi connectivity index (χ0) is 15.0. The average Bonchev–Trinajstić information content (AvgIpc) is 2.85. The number of hydrogen-bond acceptors (Lipinski definition) is 3. The highest BCUT2D eigenvalue weighted by atomic mass is 16.5. The summed E-state index contributed by atoms with van der Waals surface area (Å²) >= 11 is 0. The number of nitrogens with one attached hydrogen (secondary N) is 1. The minimum Gasteiger partial charge on any atom is -0.488 e. The predicted molar refractivity (Wildman–Crippen MR) is 77.9 cm³/mol. The van der Waals surface area contributed by atoms with Gasteiger partial charge in [-0.3, -0.25) is 9.59 Å². The summed E-state index contributed by atoms with van der Waals surface area (Å²) in [7, 11) is 0. The zero-order valence-corrected chi connectivity index (χ0v) is 12.3. The summed E-state index contributed by atoms with van der Waals surface area (Å²) in [6, 6.07) is 7.51. The fourth-order valence-electron chi connectivity index (χ4n) is 3.12. The van der Waals surface area contributed by atoms with Crippen LogP contribution in [0.2, 0.25) is 0 Å². The number of benzene rings is 1. The molecule has 1 aromatic rings. The third kappa shape index (κ3) is 2.60. The maximum absolute atomic E-state index is 12.2. The molecular formula is C16H20N2O3. The smallest absolute Gasteiger partial charge is 0.243 e. The van der Waals surface area contributed by atoms with E-state index in [9.17, 15) is 9.59 Å². The maximum atomic E-state index is 12.2. The van der Waals surface area contributed by atoms with Gasteiger partial charge in [0.25, 0.3) is 0 Å². The zero-order valence-electron chi connectivity index (χ0n) is 12.3. The van der Waals surface area contributed by atoms with Crippen LogP contribution in [0.15, 0.2) is 24.3 Å². The second-order valence-electron chi connectivity index (χ2n) is 6.00. The van der Waals surface area contributed by atoms with Crippen LogP contribution >= 0.6 is 0 Å². The van der Waals surface area contributed by atoms with Crippen LogP contribution in [0.3, 0.4) is 0 Å². The lowest BCUT2D eigenvalue weighted by Crippen LogP contribution is -2.61. The van der Waals surface area contributed by atoms with Crippen LogP contribution in [0.25, 0.3) is 0 Å². The van der Waals surface area contributed by atoms with Gasteiger partial charge < -0.3 is 15.0 Å². The molecule has 2 atom stereocenters. The molecule has 0 radical (unpaired) electrons. The van der Waals surface area contributed by atoms with Crippen molar-refractivity contribution in [2.75, 3.05) is 13.1 Å². The van der Waals surface area contributed by atoms with E-state index in [2.05, 4.69) is 5.32 Å². The van der Waals surface area contributed by atoms with Crippen molar-refractivity contribution in [1.82, 2.24) is 10.2 Å². The summed E-state index contributed by atoms with van der Waals surface area (Å²) in [6.07, 6.45) is 0.713. The van der Waals surface area contributed by atoms with Crippen molar-refractivity contribution in [2.24, 2.45) is 5.92 Å². The van der Waals surface area contributed by atoms with Gasteiger partial charge in [0.05, 0.1) is 13.1 Å². The predicted octanol–water partition coefficient (Wildman–Crippen LogP) is 0.973. The molecule has 0 aromatic heterocycles. The van der Waals surface area contributed by atoms with Crippen LogP contribution in [0.5, 0.6) is 5.75 Å². The minimum absolute atomic E-state index is 0.0344. The SMILES string of the molecule is CC(C)C1C(=O)NCC(=O)N1CC1Cc2ccccc2O1. The quantitative estimate of drug-likeness (QED) is 0.902. The van der Waals surface area contributed by atoms with Crippen molar-refractivity contribution in [3.05, 3.63) is 29.8 Å².